The SMILES string of the molecule is Nc1cccc2c1CCN(C(=O)Nc1cccc(Cl)c1)C2. The molecule has 2 aromatic carbocycles. The molecule has 0 aliphatic carbocycles. The summed E-state index contributed by atoms with van der Waals surface area (Å²) in [5.74, 6) is 0. The normalized spacial score (nSPS) is 13.7. The van der Waals surface area contributed by atoms with E-state index in [1.165, 1.54) is 0 Å². The van der Waals surface area contributed by atoms with Gasteiger partial charge in [0, 0.05) is 29.5 Å². The lowest BCUT2D eigenvalue weighted by atomic mass is 9.98. The molecule has 0 unspecified atom stereocenters. The average Bonchev–Trinajstić information content (AvgIpc) is 2.47. The summed E-state index contributed by atoms with van der Waals surface area (Å²) in [5.41, 5.74) is 9.75. The maximum atomic E-state index is 12.3. The standard InChI is InChI=1S/C16H16ClN3O/c17-12-4-2-5-13(9-12)19-16(21)20-8-7-14-11(10-20)3-1-6-15(14)18/h1-6,9H,7-8,10,18H2,(H,19,21). The van der Waals surface area contributed by atoms with Crippen LogP contribution in [0.15, 0.2) is 42.5 Å². The van der Waals surface area contributed by atoms with Gasteiger partial charge < -0.3 is 16.0 Å². The molecule has 108 valence electrons. The Labute approximate surface area is 128 Å². The van der Waals surface area contributed by atoms with E-state index in [1.54, 1.807) is 17.0 Å². The van der Waals surface area contributed by atoms with Gasteiger partial charge in [-0.1, -0.05) is 29.8 Å². The van der Waals surface area contributed by atoms with Crippen LogP contribution in [0.2, 0.25) is 5.02 Å². The number of hydrogen-bond acceptors (Lipinski definition) is 2. The first-order valence-corrected chi connectivity index (χ1v) is 7.19. The van der Waals surface area contributed by atoms with Crippen molar-refractivity contribution in [3.63, 3.8) is 0 Å². The number of rotatable bonds is 1. The van der Waals surface area contributed by atoms with Gasteiger partial charge in [-0.25, -0.2) is 4.79 Å². The molecule has 3 N–H and O–H groups in total. The Morgan fingerprint density at radius 2 is 2.05 bits per heavy atom. The first-order chi connectivity index (χ1) is 10.1. The van der Waals surface area contributed by atoms with Gasteiger partial charge in [0.05, 0.1) is 0 Å². The molecular weight excluding hydrogens is 286 g/mol. The number of anilines is 2. The van der Waals surface area contributed by atoms with Gasteiger partial charge in [0.1, 0.15) is 0 Å². The molecule has 1 aliphatic rings. The maximum Gasteiger partial charge on any atom is 0.322 e. The molecule has 0 fully saturated rings. The monoisotopic (exact) mass is 301 g/mol. The molecular formula is C16H16ClN3O. The molecule has 21 heavy (non-hydrogen) atoms. The van der Waals surface area contributed by atoms with Gasteiger partial charge in [0.25, 0.3) is 0 Å². The second-order valence-corrected chi connectivity index (χ2v) is 5.53. The van der Waals surface area contributed by atoms with Gasteiger partial charge in [-0.3, -0.25) is 0 Å². The van der Waals surface area contributed by atoms with Crippen LogP contribution in [0.4, 0.5) is 16.2 Å². The van der Waals surface area contributed by atoms with Gasteiger partial charge >= 0.3 is 6.03 Å². The van der Waals surface area contributed by atoms with E-state index in [2.05, 4.69) is 5.32 Å². The van der Waals surface area contributed by atoms with Gasteiger partial charge in [-0.2, -0.15) is 0 Å². The number of urea groups is 1. The van der Waals surface area contributed by atoms with E-state index in [0.717, 1.165) is 23.2 Å². The van der Waals surface area contributed by atoms with E-state index in [1.807, 2.05) is 30.3 Å². The number of benzene rings is 2. The first kappa shape index (κ1) is 13.8. The largest absolute Gasteiger partial charge is 0.398 e. The van der Waals surface area contributed by atoms with E-state index in [0.29, 0.717) is 23.8 Å². The highest BCUT2D eigenvalue weighted by molar-refractivity contribution is 6.30. The highest BCUT2D eigenvalue weighted by atomic mass is 35.5. The second kappa shape index (κ2) is 5.66. The van der Waals surface area contributed by atoms with Crippen molar-refractivity contribution in [3.8, 4) is 0 Å². The minimum Gasteiger partial charge on any atom is -0.398 e. The number of nitrogen functional groups attached to an aromatic ring is 1. The van der Waals surface area contributed by atoms with E-state index in [-0.39, 0.29) is 6.03 Å². The number of halogens is 1. The topological polar surface area (TPSA) is 58.4 Å². The lowest BCUT2D eigenvalue weighted by Crippen LogP contribution is -2.39. The van der Waals surface area contributed by atoms with Crippen LogP contribution in [0, 0.1) is 0 Å². The fraction of sp³-hybridized carbons (Fsp3) is 0.188. The van der Waals surface area contributed by atoms with Crippen LogP contribution in [0.3, 0.4) is 0 Å². The molecule has 2 amide bonds. The molecule has 3 rings (SSSR count). The highest BCUT2D eigenvalue weighted by Gasteiger charge is 2.21. The number of fused-ring (bicyclic) bond motifs is 1. The molecule has 0 saturated heterocycles. The summed E-state index contributed by atoms with van der Waals surface area (Å²) in [5, 5.41) is 3.47. The molecule has 5 heteroatoms. The Morgan fingerprint density at radius 1 is 1.24 bits per heavy atom. The number of hydrogen-bond donors (Lipinski definition) is 2. The van der Waals surface area contributed by atoms with E-state index in [9.17, 15) is 4.79 Å². The number of carbonyl (C=O) groups excluding carboxylic acids is 1. The fourth-order valence-electron chi connectivity index (χ4n) is 2.58. The number of carbonyl (C=O) groups is 1. The zero-order valence-electron chi connectivity index (χ0n) is 11.5. The molecule has 2 aromatic rings. The fourth-order valence-corrected chi connectivity index (χ4v) is 2.77. The van der Waals surface area contributed by atoms with Gasteiger partial charge in [-0.05, 0) is 41.8 Å². The molecule has 1 aliphatic heterocycles. The molecule has 0 atom stereocenters. The molecule has 0 bridgehead atoms. The molecule has 0 spiro atoms. The summed E-state index contributed by atoms with van der Waals surface area (Å²) >= 11 is 5.92. The summed E-state index contributed by atoms with van der Waals surface area (Å²) in [6, 6.07) is 12.9. The zero-order valence-corrected chi connectivity index (χ0v) is 12.2. The third-order valence-corrected chi connectivity index (χ3v) is 3.90. The first-order valence-electron chi connectivity index (χ1n) is 6.81. The molecule has 0 aromatic heterocycles. The molecule has 4 nitrogen and oxygen atoms in total. The quantitative estimate of drug-likeness (QED) is 0.792. The van der Waals surface area contributed by atoms with Crippen molar-refractivity contribution in [2.24, 2.45) is 0 Å². The predicted octanol–water partition coefficient (Wildman–Crippen LogP) is 3.51. The lowest BCUT2D eigenvalue weighted by molar-refractivity contribution is 0.206. The maximum absolute atomic E-state index is 12.3. The van der Waals surface area contributed by atoms with Crippen molar-refractivity contribution in [3.05, 3.63) is 58.6 Å². The Kier molecular flexibility index (Phi) is 3.71. The van der Waals surface area contributed by atoms with Crippen molar-refractivity contribution < 1.29 is 4.79 Å². The van der Waals surface area contributed by atoms with Gasteiger partial charge in [0.15, 0.2) is 0 Å². The van der Waals surface area contributed by atoms with E-state index >= 15 is 0 Å². The second-order valence-electron chi connectivity index (χ2n) is 5.10. The molecule has 0 saturated carbocycles. The average molecular weight is 302 g/mol. The number of amides is 2. The summed E-state index contributed by atoms with van der Waals surface area (Å²) in [4.78, 5) is 14.1. The van der Waals surface area contributed by atoms with Crippen LogP contribution >= 0.6 is 11.6 Å². The predicted molar refractivity (Wildman–Crippen MR) is 85.4 cm³/mol. The van der Waals surface area contributed by atoms with Crippen LogP contribution in [0.25, 0.3) is 0 Å². The Hall–Kier alpha value is -2.20. The third-order valence-electron chi connectivity index (χ3n) is 3.67. The number of nitrogens with two attached hydrogens (primary N) is 1. The van der Waals surface area contributed by atoms with Crippen molar-refractivity contribution in [1.29, 1.82) is 0 Å². The lowest BCUT2D eigenvalue weighted by Gasteiger charge is -2.29. The summed E-state index contributed by atoms with van der Waals surface area (Å²) < 4.78 is 0. The van der Waals surface area contributed by atoms with Crippen molar-refractivity contribution in [2.75, 3.05) is 17.6 Å². The van der Waals surface area contributed by atoms with Gasteiger partial charge in [0.2, 0.25) is 0 Å². The molecule has 0 radical (unpaired) electrons. The third kappa shape index (κ3) is 2.95. The number of nitrogens with one attached hydrogen (secondary N) is 1. The van der Waals surface area contributed by atoms with Crippen LogP contribution in [-0.2, 0) is 13.0 Å². The summed E-state index contributed by atoms with van der Waals surface area (Å²) in [6.45, 7) is 1.24. The Bertz CT molecular complexity index is 687. The summed E-state index contributed by atoms with van der Waals surface area (Å²) in [7, 11) is 0. The van der Waals surface area contributed by atoms with Crippen LogP contribution < -0.4 is 11.1 Å². The van der Waals surface area contributed by atoms with Crippen molar-refractivity contribution in [1.82, 2.24) is 4.90 Å². The van der Waals surface area contributed by atoms with Crippen LogP contribution in [-0.4, -0.2) is 17.5 Å². The van der Waals surface area contributed by atoms with Crippen LogP contribution in [0.5, 0.6) is 0 Å². The zero-order chi connectivity index (χ0) is 14.8. The smallest absolute Gasteiger partial charge is 0.322 e. The Morgan fingerprint density at radius 3 is 2.86 bits per heavy atom. The van der Waals surface area contributed by atoms with E-state index in [4.69, 9.17) is 17.3 Å². The highest BCUT2D eigenvalue weighted by Crippen LogP contribution is 2.24. The van der Waals surface area contributed by atoms with Gasteiger partial charge in [-0.15, -0.1) is 0 Å². The number of nitrogens with zero attached hydrogens (tertiary/aromatic N) is 1. The van der Waals surface area contributed by atoms with E-state index < -0.39 is 0 Å². The molecule has 1 heterocycles. The summed E-state index contributed by atoms with van der Waals surface area (Å²) in [6.07, 6.45) is 0.783. The van der Waals surface area contributed by atoms with Crippen LogP contribution in [0.1, 0.15) is 11.1 Å². The minimum absolute atomic E-state index is 0.120. The van der Waals surface area contributed by atoms with Crippen molar-refractivity contribution >= 4 is 29.0 Å². The minimum atomic E-state index is -0.120. The Balaban J connectivity index is 1.72. The van der Waals surface area contributed by atoms with Crippen molar-refractivity contribution in [2.45, 2.75) is 13.0 Å².